The average molecular weight is 176 g/mol. The van der Waals surface area contributed by atoms with Gasteiger partial charge in [0.25, 0.3) is 0 Å². The Hall–Kier alpha value is -0.240. The minimum atomic E-state index is 0.870. The van der Waals surface area contributed by atoms with Crippen LogP contribution in [-0.2, 0) is 0 Å². The molecule has 0 amide bonds. The summed E-state index contributed by atoms with van der Waals surface area (Å²) < 4.78 is 0. The van der Waals surface area contributed by atoms with Crippen molar-refractivity contribution in [2.45, 2.75) is 0 Å². The summed E-state index contributed by atoms with van der Waals surface area (Å²) >= 11 is 0. The number of nitrogens with one attached hydrogen (secondary N) is 4. The first-order valence-corrected chi connectivity index (χ1v) is 4.03. The van der Waals surface area contributed by atoms with Gasteiger partial charge in [-0.25, -0.2) is 21.7 Å². The molecule has 0 aliphatic rings. The fourth-order valence-corrected chi connectivity index (χ4v) is 0.871. The first-order chi connectivity index (χ1) is 5.78. The van der Waals surface area contributed by atoms with Gasteiger partial charge in [0.1, 0.15) is 0 Å². The van der Waals surface area contributed by atoms with Crippen molar-refractivity contribution in [2.24, 2.45) is 0 Å². The Morgan fingerprint density at radius 1 is 0.667 bits per heavy atom. The van der Waals surface area contributed by atoms with E-state index in [9.17, 15) is 0 Å². The highest BCUT2D eigenvalue weighted by atomic mass is 15.7. The Balaban J connectivity index is 3.49. The van der Waals surface area contributed by atoms with Gasteiger partial charge in [-0.3, -0.25) is 0 Å². The smallest absolute Gasteiger partial charge is 0.0444 e. The van der Waals surface area contributed by atoms with E-state index in [1.807, 2.05) is 38.4 Å². The second-order valence-corrected chi connectivity index (χ2v) is 2.20. The predicted molar refractivity (Wildman–Crippen MR) is 49.7 cm³/mol. The van der Waals surface area contributed by atoms with Crippen LogP contribution < -0.4 is 21.7 Å². The van der Waals surface area contributed by atoms with Gasteiger partial charge in [0.2, 0.25) is 0 Å². The van der Waals surface area contributed by atoms with Gasteiger partial charge in [-0.2, -0.15) is 10.2 Å². The van der Waals surface area contributed by atoms with E-state index in [2.05, 4.69) is 21.7 Å². The molecular formula is C6H20N6. The lowest BCUT2D eigenvalue weighted by Crippen LogP contribution is -2.52. The number of hydrazine groups is 4. The summed E-state index contributed by atoms with van der Waals surface area (Å²) in [5.74, 6) is 0. The van der Waals surface area contributed by atoms with Gasteiger partial charge in [-0.05, 0) is 0 Å². The topological polar surface area (TPSA) is 54.6 Å². The highest BCUT2D eigenvalue weighted by molar-refractivity contribution is 4.46. The standard InChI is InChI=1S/C6H20N6/c1-7-11(8-2)5-6-12(9-3)10-4/h7-10H,5-6H2,1-4H3. The number of hydrogen-bond acceptors (Lipinski definition) is 6. The van der Waals surface area contributed by atoms with E-state index >= 15 is 0 Å². The normalized spacial score (nSPS) is 11.5. The molecule has 0 atom stereocenters. The highest BCUT2D eigenvalue weighted by Gasteiger charge is 2.01. The van der Waals surface area contributed by atoms with Crippen molar-refractivity contribution in [3.05, 3.63) is 0 Å². The molecule has 0 spiro atoms. The van der Waals surface area contributed by atoms with E-state index in [-0.39, 0.29) is 0 Å². The summed E-state index contributed by atoms with van der Waals surface area (Å²) in [5, 5.41) is 3.78. The molecule has 0 bridgehead atoms. The minimum Gasteiger partial charge on any atom is -0.245 e. The monoisotopic (exact) mass is 176 g/mol. The molecule has 74 valence electrons. The molecule has 0 heterocycles. The molecule has 0 aliphatic carbocycles. The first-order valence-electron chi connectivity index (χ1n) is 4.03. The molecule has 0 saturated heterocycles. The largest absolute Gasteiger partial charge is 0.245 e. The summed E-state index contributed by atoms with van der Waals surface area (Å²) in [7, 11) is 7.50. The summed E-state index contributed by atoms with van der Waals surface area (Å²) in [6, 6.07) is 0. The Morgan fingerprint density at radius 3 is 1.08 bits per heavy atom. The average Bonchev–Trinajstić information content (AvgIpc) is 2.13. The van der Waals surface area contributed by atoms with Crippen LogP contribution in [0.15, 0.2) is 0 Å². The Morgan fingerprint density at radius 2 is 0.917 bits per heavy atom. The first kappa shape index (κ1) is 11.8. The second kappa shape index (κ2) is 7.41. The Kier molecular flexibility index (Phi) is 7.26. The van der Waals surface area contributed by atoms with Crippen molar-refractivity contribution < 1.29 is 0 Å². The minimum absolute atomic E-state index is 0.870. The zero-order valence-electron chi connectivity index (χ0n) is 8.31. The lowest BCUT2D eigenvalue weighted by molar-refractivity contribution is 0.0800. The third-order valence-corrected chi connectivity index (χ3v) is 1.63. The van der Waals surface area contributed by atoms with Gasteiger partial charge in [0.05, 0.1) is 0 Å². The van der Waals surface area contributed by atoms with E-state index in [1.54, 1.807) is 0 Å². The molecule has 0 aromatic carbocycles. The second-order valence-electron chi connectivity index (χ2n) is 2.20. The summed E-state index contributed by atoms with van der Waals surface area (Å²) in [6.45, 7) is 1.74. The number of nitrogens with zero attached hydrogens (tertiary/aromatic N) is 2. The van der Waals surface area contributed by atoms with Crippen molar-refractivity contribution in [3.63, 3.8) is 0 Å². The zero-order valence-corrected chi connectivity index (χ0v) is 8.31. The number of rotatable bonds is 7. The molecule has 0 unspecified atom stereocenters. The van der Waals surface area contributed by atoms with Gasteiger partial charge in [0.15, 0.2) is 0 Å². The molecule has 6 heteroatoms. The van der Waals surface area contributed by atoms with E-state index in [0.29, 0.717) is 0 Å². The molecule has 0 aromatic heterocycles. The van der Waals surface area contributed by atoms with Crippen LogP contribution in [-0.4, -0.2) is 51.5 Å². The van der Waals surface area contributed by atoms with Crippen LogP contribution >= 0.6 is 0 Å². The molecule has 0 aliphatic heterocycles. The molecule has 0 rings (SSSR count). The summed E-state index contributed by atoms with van der Waals surface area (Å²) in [4.78, 5) is 0. The van der Waals surface area contributed by atoms with E-state index in [4.69, 9.17) is 0 Å². The van der Waals surface area contributed by atoms with Gasteiger partial charge in [-0.15, -0.1) is 0 Å². The van der Waals surface area contributed by atoms with Crippen LogP contribution in [0.1, 0.15) is 0 Å². The van der Waals surface area contributed by atoms with Crippen LogP contribution in [0.3, 0.4) is 0 Å². The lowest BCUT2D eigenvalue weighted by atomic mass is 10.6. The van der Waals surface area contributed by atoms with Crippen molar-refractivity contribution >= 4 is 0 Å². The summed E-state index contributed by atoms with van der Waals surface area (Å²) in [5.41, 5.74) is 12.0. The molecule has 0 radical (unpaired) electrons. The van der Waals surface area contributed by atoms with E-state index in [1.165, 1.54) is 0 Å². The maximum Gasteiger partial charge on any atom is 0.0444 e. The van der Waals surface area contributed by atoms with Crippen LogP contribution in [0.4, 0.5) is 0 Å². The maximum absolute atomic E-state index is 3.00. The van der Waals surface area contributed by atoms with Crippen LogP contribution in [0.25, 0.3) is 0 Å². The summed E-state index contributed by atoms with van der Waals surface area (Å²) in [6.07, 6.45) is 0. The van der Waals surface area contributed by atoms with Gasteiger partial charge in [-0.1, -0.05) is 0 Å². The SMILES string of the molecule is CNN(CCN(NC)NC)NC. The zero-order chi connectivity index (χ0) is 9.40. The van der Waals surface area contributed by atoms with Gasteiger partial charge < -0.3 is 0 Å². The predicted octanol–water partition coefficient (Wildman–Crippen LogP) is -1.87. The highest BCUT2D eigenvalue weighted by Crippen LogP contribution is 1.76. The third kappa shape index (κ3) is 4.60. The molecule has 0 saturated carbocycles. The van der Waals surface area contributed by atoms with Crippen molar-refractivity contribution in [2.75, 3.05) is 41.3 Å². The molecular weight excluding hydrogens is 156 g/mol. The fraction of sp³-hybridized carbons (Fsp3) is 1.00. The van der Waals surface area contributed by atoms with Crippen LogP contribution in [0, 0.1) is 0 Å². The maximum atomic E-state index is 3.00. The van der Waals surface area contributed by atoms with Crippen LogP contribution in [0.5, 0.6) is 0 Å². The van der Waals surface area contributed by atoms with Gasteiger partial charge >= 0.3 is 0 Å². The molecule has 4 N–H and O–H groups in total. The Labute approximate surface area is 74.2 Å². The molecule has 12 heavy (non-hydrogen) atoms. The number of hydrogen-bond donors (Lipinski definition) is 4. The Bertz CT molecular complexity index is 78.0. The van der Waals surface area contributed by atoms with E-state index < -0.39 is 0 Å². The quantitative estimate of drug-likeness (QED) is 0.341. The molecule has 6 nitrogen and oxygen atoms in total. The van der Waals surface area contributed by atoms with E-state index in [0.717, 1.165) is 13.1 Å². The lowest BCUT2D eigenvalue weighted by Gasteiger charge is -2.24. The molecule has 0 fully saturated rings. The van der Waals surface area contributed by atoms with Crippen molar-refractivity contribution in [1.29, 1.82) is 0 Å². The van der Waals surface area contributed by atoms with Crippen LogP contribution in [0.2, 0.25) is 0 Å². The third-order valence-electron chi connectivity index (χ3n) is 1.63. The fourth-order valence-electron chi connectivity index (χ4n) is 0.871. The van der Waals surface area contributed by atoms with Crippen molar-refractivity contribution in [3.8, 4) is 0 Å². The van der Waals surface area contributed by atoms with Crippen molar-refractivity contribution in [1.82, 2.24) is 31.9 Å². The molecule has 0 aromatic rings. The van der Waals surface area contributed by atoms with Gasteiger partial charge in [0, 0.05) is 41.3 Å².